The summed E-state index contributed by atoms with van der Waals surface area (Å²) in [5.41, 5.74) is 2.82. The molecule has 6 nitrogen and oxygen atoms in total. The normalized spacial score (nSPS) is 12.1. The number of nitrogens with one attached hydrogen (secondary N) is 1. The molecule has 1 heterocycles. The molecule has 3 aromatic rings. The minimum Gasteiger partial charge on any atom is -0.493 e. The molecular formula is C23H23NO5. The fraction of sp³-hybridized carbons (Fsp3) is 0.217. The van der Waals surface area contributed by atoms with Gasteiger partial charge in [0, 0.05) is 33.8 Å². The number of benzene rings is 2. The van der Waals surface area contributed by atoms with Crippen molar-refractivity contribution >= 4 is 28.7 Å². The Labute approximate surface area is 169 Å². The Kier molecular flexibility index (Phi) is 6.02. The quantitative estimate of drug-likeness (QED) is 0.367. The Morgan fingerprint density at radius 3 is 2.52 bits per heavy atom. The monoisotopic (exact) mass is 393 g/mol. The van der Waals surface area contributed by atoms with Crippen molar-refractivity contribution in [3.05, 3.63) is 65.4 Å². The Bertz CT molecular complexity index is 1080. The van der Waals surface area contributed by atoms with E-state index in [1.54, 1.807) is 38.3 Å². The number of esters is 1. The highest BCUT2D eigenvalue weighted by Gasteiger charge is 2.23. The van der Waals surface area contributed by atoms with Crippen LogP contribution >= 0.6 is 0 Å². The fourth-order valence-electron chi connectivity index (χ4n) is 3.27. The van der Waals surface area contributed by atoms with E-state index in [1.807, 2.05) is 31.2 Å². The number of hydrogen-bond donors (Lipinski definition) is 1. The second kappa shape index (κ2) is 8.65. The van der Waals surface area contributed by atoms with E-state index in [0.29, 0.717) is 22.6 Å². The van der Waals surface area contributed by atoms with E-state index in [9.17, 15) is 9.59 Å². The number of Topliss-reactive ketones (excluding diaryl/α,β-unsaturated/α-hetero) is 1. The van der Waals surface area contributed by atoms with Gasteiger partial charge in [-0.3, -0.25) is 4.79 Å². The van der Waals surface area contributed by atoms with E-state index in [4.69, 9.17) is 14.2 Å². The van der Waals surface area contributed by atoms with Crippen LogP contribution in [0, 0.1) is 6.92 Å². The number of aryl methyl sites for hydroxylation is 1. The molecule has 1 atom stereocenters. The van der Waals surface area contributed by atoms with Crippen LogP contribution in [-0.2, 0) is 9.53 Å². The zero-order chi connectivity index (χ0) is 21.0. The molecule has 0 saturated heterocycles. The van der Waals surface area contributed by atoms with Gasteiger partial charge in [0.25, 0.3) is 0 Å². The van der Waals surface area contributed by atoms with Gasteiger partial charge < -0.3 is 19.2 Å². The summed E-state index contributed by atoms with van der Waals surface area (Å²) in [7, 11) is 3.07. The molecule has 0 bridgehead atoms. The van der Waals surface area contributed by atoms with E-state index >= 15 is 0 Å². The first-order valence-corrected chi connectivity index (χ1v) is 9.17. The van der Waals surface area contributed by atoms with Crippen molar-refractivity contribution in [2.45, 2.75) is 20.0 Å². The minimum absolute atomic E-state index is 0.249. The number of aromatic amines is 1. The van der Waals surface area contributed by atoms with Gasteiger partial charge in [0.2, 0.25) is 5.78 Å². The molecule has 0 fully saturated rings. The third-order valence-electron chi connectivity index (χ3n) is 4.63. The van der Waals surface area contributed by atoms with Gasteiger partial charge in [-0.2, -0.15) is 0 Å². The molecule has 150 valence electrons. The van der Waals surface area contributed by atoms with Gasteiger partial charge in [-0.25, -0.2) is 4.79 Å². The lowest BCUT2D eigenvalue weighted by molar-refractivity contribution is -0.140. The lowest BCUT2D eigenvalue weighted by atomic mass is 10.0. The molecule has 0 spiro atoms. The summed E-state index contributed by atoms with van der Waals surface area (Å²) in [5.74, 6) is 0.202. The number of rotatable bonds is 7. The first-order valence-electron chi connectivity index (χ1n) is 9.17. The lowest BCUT2D eigenvalue weighted by Gasteiger charge is -2.12. The third kappa shape index (κ3) is 4.16. The van der Waals surface area contributed by atoms with Crippen LogP contribution in [-0.4, -0.2) is 37.1 Å². The number of carbonyl (C=O) groups is 2. The largest absolute Gasteiger partial charge is 0.493 e. The van der Waals surface area contributed by atoms with Crippen molar-refractivity contribution in [1.29, 1.82) is 0 Å². The summed E-state index contributed by atoms with van der Waals surface area (Å²) >= 11 is 0. The molecule has 6 heteroatoms. The fourth-order valence-corrected chi connectivity index (χ4v) is 3.27. The molecule has 1 unspecified atom stereocenters. The average molecular weight is 393 g/mol. The summed E-state index contributed by atoms with van der Waals surface area (Å²) in [6.07, 6.45) is 1.92. The molecule has 0 aliphatic carbocycles. The summed E-state index contributed by atoms with van der Waals surface area (Å²) < 4.78 is 15.9. The van der Waals surface area contributed by atoms with Gasteiger partial charge in [0.1, 0.15) is 0 Å². The van der Waals surface area contributed by atoms with Gasteiger partial charge in [0.05, 0.1) is 14.2 Å². The Balaban J connectivity index is 1.75. The average Bonchev–Trinajstić information content (AvgIpc) is 3.06. The van der Waals surface area contributed by atoms with Crippen LogP contribution in [0.15, 0.2) is 48.5 Å². The molecule has 1 aromatic heterocycles. The van der Waals surface area contributed by atoms with E-state index in [2.05, 4.69) is 4.98 Å². The summed E-state index contributed by atoms with van der Waals surface area (Å²) in [4.78, 5) is 28.3. The van der Waals surface area contributed by atoms with Gasteiger partial charge in [-0.15, -0.1) is 0 Å². The number of ether oxygens (including phenoxy) is 3. The van der Waals surface area contributed by atoms with E-state index in [1.165, 1.54) is 13.2 Å². The van der Waals surface area contributed by atoms with Crippen LogP contribution in [0.5, 0.6) is 11.5 Å². The molecule has 29 heavy (non-hydrogen) atoms. The molecule has 2 aromatic carbocycles. The molecule has 0 aliphatic heterocycles. The SMILES string of the molecule is COc1cccc(/C=C/C(=O)OC(C)C(=O)c2c(C)[nH]c3ccccc23)c1OC. The summed E-state index contributed by atoms with van der Waals surface area (Å²) in [6, 6.07) is 12.9. The molecule has 1 N–H and O–H groups in total. The Morgan fingerprint density at radius 1 is 1.03 bits per heavy atom. The van der Waals surface area contributed by atoms with Crippen molar-refractivity contribution in [2.24, 2.45) is 0 Å². The number of ketones is 1. The molecule has 0 radical (unpaired) electrons. The van der Waals surface area contributed by atoms with Crippen LogP contribution in [0.25, 0.3) is 17.0 Å². The molecule has 0 saturated carbocycles. The van der Waals surface area contributed by atoms with Gasteiger partial charge in [0.15, 0.2) is 17.6 Å². The van der Waals surface area contributed by atoms with Crippen LogP contribution < -0.4 is 9.47 Å². The smallest absolute Gasteiger partial charge is 0.331 e. The first-order chi connectivity index (χ1) is 14.0. The highest BCUT2D eigenvalue weighted by atomic mass is 16.5. The maximum atomic E-state index is 12.9. The minimum atomic E-state index is -0.919. The van der Waals surface area contributed by atoms with Gasteiger partial charge >= 0.3 is 5.97 Å². The van der Waals surface area contributed by atoms with Gasteiger partial charge in [-0.05, 0) is 32.1 Å². The van der Waals surface area contributed by atoms with Crippen LogP contribution in [0.1, 0.15) is 28.5 Å². The van der Waals surface area contributed by atoms with E-state index < -0.39 is 12.1 Å². The van der Waals surface area contributed by atoms with Crippen molar-refractivity contribution in [3.63, 3.8) is 0 Å². The number of H-pyrrole nitrogens is 1. The highest BCUT2D eigenvalue weighted by molar-refractivity contribution is 6.11. The second-order valence-electron chi connectivity index (χ2n) is 6.53. The maximum Gasteiger partial charge on any atom is 0.331 e. The van der Waals surface area contributed by atoms with Crippen molar-refractivity contribution in [3.8, 4) is 11.5 Å². The second-order valence-corrected chi connectivity index (χ2v) is 6.53. The number of methoxy groups -OCH3 is 2. The Morgan fingerprint density at radius 2 is 1.79 bits per heavy atom. The van der Waals surface area contributed by atoms with E-state index in [-0.39, 0.29) is 5.78 Å². The molecular weight excluding hydrogens is 370 g/mol. The highest BCUT2D eigenvalue weighted by Crippen LogP contribution is 2.31. The maximum absolute atomic E-state index is 12.9. The molecule has 0 amide bonds. The molecule has 3 rings (SSSR count). The predicted molar refractivity (Wildman–Crippen MR) is 112 cm³/mol. The van der Waals surface area contributed by atoms with Crippen molar-refractivity contribution in [1.82, 2.24) is 4.98 Å². The number of fused-ring (bicyclic) bond motifs is 1. The topological polar surface area (TPSA) is 77.6 Å². The van der Waals surface area contributed by atoms with Crippen LogP contribution in [0.3, 0.4) is 0 Å². The lowest BCUT2D eigenvalue weighted by Crippen LogP contribution is -2.24. The zero-order valence-corrected chi connectivity index (χ0v) is 16.8. The predicted octanol–water partition coefficient (Wildman–Crippen LogP) is 4.32. The number of hydrogen-bond acceptors (Lipinski definition) is 5. The summed E-state index contributed by atoms with van der Waals surface area (Å²) in [6.45, 7) is 3.40. The zero-order valence-electron chi connectivity index (χ0n) is 16.8. The van der Waals surface area contributed by atoms with Crippen molar-refractivity contribution < 1.29 is 23.8 Å². The Hall–Kier alpha value is -3.54. The number of para-hydroxylation sites is 2. The van der Waals surface area contributed by atoms with Gasteiger partial charge in [-0.1, -0.05) is 30.3 Å². The molecule has 0 aliphatic rings. The standard InChI is InChI=1S/C23H23NO5/c1-14-21(17-9-5-6-10-18(17)24-14)22(26)15(2)29-20(25)13-12-16-8-7-11-19(27-3)23(16)28-4/h5-13,15,24H,1-4H3/b13-12+. The van der Waals surface area contributed by atoms with E-state index in [0.717, 1.165) is 16.6 Å². The van der Waals surface area contributed by atoms with Crippen molar-refractivity contribution in [2.75, 3.05) is 14.2 Å². The third-order valence-corrected chi connectivity index (χ3v) is 4.63. The number of carbonyl (C=O) groups excluding carboxylic acids is 2. The summed E-state index contributed by atoms with van der Waals surface area (Å²) in [5, 5.41) is 0.814. The number of aromatic nitrogens is 1. The van der Waals surface area contributed by atoms with Crippen LogP contribution in [0.4, 0.5) is 0 Å². The van der Waals surface area contributed by atoms with Crippen LogP contribution in [0.2, 0.25) is 0 Å². The first kappa shape index (κ1) is 20.2.